The molecule has 1 N–H and O–H groups in total. The van der Waals surface area contributed by atoms with Gasteiger partial charge >= 0.3 is 12.7 Å². The molecule has 1 heterocycles. The molecule has 7 nitrogen and oxygen atoms in total. The molecule has 0 bridgehead atoms. The van der Waals surface area contributed by atoms with E-state index < -0.39 is 12.5 Å². The van der Waals surface area contributed by atoms with E-state index in [1.807, 2.05) is 30.3 Å². The molecule has 1 aromatic heterocycles. The molecule has 9 heteroatoms. The van der Waals surface area contributed by atoms with Gasteiger partial charge in [-0.25, -0.2) is 0 Å². The van der Waals surface area contributed by atoms with Crippen LogP contribution in [0.5, 0.6) is 11.8 Å². The number of hydrogen-bond acceptors (Lipinski definition) is 6. The summed E-state index contributed by atoms with van der Waals surface area (Å²) in [5.41, 5.74) is 1.46. The number of hydrogen-bond donors (Lipinski definition) is 1. The van der Waals surface area contributed by atoms with Crippen molar-refractivity contribution in [3.63, 3.8) is 0 Å². The van der Waals surface area contributed by atoms with Crippen LogP contribution in [0.1, 0.15) is 5.56 Å². The second kappa shape index (κ2) is 8.75. The second-order valence-corrected chi connectivity index (χ2v) is 5.33. The van der Waals surface area contributed by atoms with E-state index in [4.69, 9.17) is 9.15 Å². The third kappa shape index (κ3) is 5.50. The van der Waals surface area contributed by atoms with Crippen LogP contribution in [0.25, 0.3) is 11.5 Å². The molecule has 2 aromatic carbocycles. The van der Waals surface area contributed by atoms with Gasteiger partial charge in [0, 0.05) is 12.1 Å². The third-order valence-corrected chi connectivity index (χ3v) is 3.39. The van der Waals surface area contributed by atoms with E-state index in [1.165, 1.54) is 12.1 Å². The number of carbonyl (C=O) groups excluding carboxylic acids is 1. The SMILES string of the molecule is O=C(COc1nnc(-c2ccccc2)o1)NCc1ccc(OC(F)F)cc1. The van der Waals surface area contributed by atoms with Crippen LogP contribution in [0.2, 0.25) is 0 Å². The Morgan fingerprint density at radius 2 is 1.81 bits per heavy atom. The fraction of sp³-hybridized carbons (Fsp3) is 0.167. The smallest absolute Gasteiger partial charge is 0.415 e. The summed E-state index contributed by atoms with van der Waals surface area (Å²) in [5, 5.41) is 10.2. The molecular formula is C18H15F2N3O4. The summed E-state index contributed by atoms with van der Waals surface area (Å²) in [5.74, 6) is -0.0616. The molecule has 27 heavy (non-hydrogen) atoms. The van der Waals surface area contributed by atoms with Gasteiger partial charge in [0.1, 0.15) is 5.75 Å². The van der Waals surface area contributed by atoms with Crippen LogP contribution in [0.15, 0.2) is 59.0 Å². The van der Waals surface area contributed by atoms with Crippen molar-refractivity contribution < 1.29 is 27.5 Å². The molecule has 1 amide bonds. The minimum Gasteiger partial charge on any atom is -0.439 e. The molecule has 0 atom stereocenters. The van der Waals surface area contributed by atoms with Gasteiger partial charge in [-0.1, -0.05) is 35.4 Å². The highest BCUT2D eigenvalue weighted by molar-refractivity contribution is 5.77. The molecule has 0 saturated heterocycles. The summed E-state index contributed by atoms with van der Waals surface area (Å²) in [6, 6.07) is 15.1. The van der Waals surface area contributed by atoms with Crippen molar-refractivity contribution in [2.24, 2.45) is 0 Å². The zero-order chi connectivity index (χ0) is 19.1. The fourth-order valence-corrected chi connectivity index (χ4v) is 2.13. The summed E-state index contributed by atoms with van der Waals surface area (Å²) >= 11 is 0. The van der Waals surface area contributed by atoms with Crippen molar-refractivity contribution in [2.45, 2.75) is 13.2 Å². The molecule has 0 radical (unpaired) electrons. The summed E-state index contributed by atoms with van der Waals surface area (Å²) in [6.45, 7) is -2.97. The lowest BCUT2D eigenvalue weighted by atomic mass is 10.2. The molecule has 0 fully saturated rings. The van der Waals surface area contributed by atoms with Gasteiger partial charge in [-0.15, -0.1) is 5.10 Å². The highest BCUT2D eigenvalue weighted by Gasteiger charge is 2.11. The summed E-state index contributed by atoms with van der Waals surface area (Å²) in [6.07, 6.45) is -0.113. The van der Waals surface area contributed by atoms with Crippen molar-refractivity contribution in [2.75, 3.05) is 6.61 Å². The largest absolute Gasteiger partial charge is 0.439 e. The van der Waals surface area contributed by atoms with Gasteiger partial charge in [-0.05, 0) is 29.8 Å². The van der Waals surface area contributed by atoms with E-state index >= 15 is 0 Å². The minimum absolute atomic E-state index is 0.0500. The lowest BCUT2D eigenvalue weighted by Gasteiger charge is -2.07. The zero-order valence-electron chi connectivity index (χ0n) is 14.0. The number of ether oxygens (including phenoxy) is 2. The molecule has 0 spiro atoms. The number of alkyl halides is 2. The molecule has 0 aliphatic carbocycles. The normalized spacial score (nSPS) is 10.6. The first kappa shape index (κ1) is 18.3. The molecule has 0 saturated carbocycles. The Morgan fingerprint density at radius 3 is 2.52 bits per heavy atom. The number of rotatable bonds is 8. The molecule has 3 rings (SSSR count). The maximum absolute atomic E-state index is 12.1. The Labute approximate surface area is 152 Å². The van der Waals surface area contributed by atoms with Gasteiger partial charge < -0.3 is 19.2 Å². The van der Waals surface area contributed by atoms with E-state index in [9.17, 15) is 13.6 Å². The number of aromatic nitrogens is 2. The van der Waals surface area contributed by atoms with Gasteiger partial charge in [0.25, 0.3) is 11.8 Å². The first-order chi connectivity index (χ1) is 13.1. The van der Waals surface area contributed by atoms with Crippen LogP contribution in [-0.2, 0) is 11.3 Å². The van der Waals surface area contributed by atoms with E-state index in [0.29, 0.717) is 5.56 Å². The van der Waals surface area contributed by atoms with Crippen molar-refractivity contribution >= 4 is 5.91 Å². The standard InChI is InChI=1S/C18H15F2N3O4/c19-17(20)26-14-8-6-12(7-9-14)10-21-15(24)11-25-18-23-22-16(27-18)13-4-2-1-3-5-13/h1-9,17H,10-11H2,(H,21,24). The molecule has 0 aliphatic heterocycles. The maximum atomic E-state index is 12.1. The summed E-state index contributed by atoms with van der Waals surface area (Å²) in [7, 11) is 0. The average Bonchev–Trinajstić information content (AvgIpc) is 3.15. The summed E-state index contributed by atoms with van der Waals surface area (Å²) in [4.78, 5) is 11.8. The van der Waals surface area contributed by atoms with Crippen molar-refractivity contribution in [1.82, 2.24) is 15.5 Å². The van der Waals surface area contributed by atoms with Gasteiger partial charge in [-0.2, -0.15) is 8.78 Å². The highest BCUT2D eigenvalue weighted by Crippen LogP contribution is 2.20. The third-order valence-electron chi connectivity index (χ3n) is 3.39. The van der Waals surface area contributed by atoms with Crippen LogP contribution in [0.4, 0.5) is 8.78 Å². The minimum atomic E-state index is -2.88. The quantitative estimate of drug-likeness (QED) is 0.651. The Balaban J connectivity index is 1.44. The van der Waals surface area contributed by atoms with Gasteiger partial charge in [-0.3, -0.25) is 4.79 Å². The number of benzene rings is 2. The molecule has 140 valence electrons. The lowest BCUT2D eigenvalue weighted by Crippen LogP contribution is -2.28. The fourth-order valence-electron chi connectivity index (χ4n) is 2.13. The van der Waals surface area contributed by atoms with Crippen molar-refractivity contribution in [3.05, 3.63) is 60.2 Å². The van der Waals surface area contributed by atoms with Gasteiger partial charge in [0.2, 0.25) is 0 Å². The van der Waals surface area contributed by atoms with Crippen LogP contribution in [0, 0.1) is 0 Å². The van der Waals surface area contributed by atoms with E-state index in [-0.39, 0.29) is 30.9 Å². The highest BCUT2D eigenvalue weighted by atomic mass is 19.3. The predicted octanol–water partition coefficient (Wildman–Crippen LogP) is 3.03. The molecule has 3 aromatic rings. The topological polar surface area (TPSA) is 86.5 Å². The lowest BCUT2D eigenvalue weighted by molar-refractivity contribution is -0.123. The van der Waals surface area contributed by atoms with Crippen LogP contribution < -0.4 is 14.8 Å². The Bertz CT molecular complexity index is 870. The molecule has 0 aliphatic rings. The van der Waals surface area contributed by atoms with E-state index in [0.717, 1.165) is 5.56 Å². The zero-order valence-corrected chi connectivity index (χ0v) is 14.0. The van der Waals surface area contributed by atoms with Crippen LogP contribution >= 0.6 is 0 Å². The number of amides is 1. The van der Waals surface area contributed by atoms with Gasteiger partial charge in [0.15, 0.2) is 6.61 Å². The molecular weight excluding hydrogens is 360 g/mol. The first-order valence-electron chi connectivity index (χ1n) is 7.92. The number of nitrogens with one attached hydrogen (secondary N) is 1. The monoisotopic (exact) mass is 375 g/mol. The maximum Gasteiger partial charge on any atom is 0.415 e. The van der Waals surface area contributed by atoms with Crippen LogP contribution in [-0.4, -0.2) is 29.3 Å². The van der Waals surface area contributed by atoms with Gasteiger partial charge in [0.05, 0.1) is 0 Å². The number of nitrogens with zero attached hydrogens (tertiary/aromatic N) is 2. The molecule has 0 unspecified atom stereocenters. The Hall–Kier alpha value is -3.49. The van der Waals surface area contributed by atoms with Crippen molar-refractivity contribution in [3.8, 4) is 23.3 Å². The predicted molar refractivity (Wildman–Crippen MR) is 90.1 cm³/mol. The van der Waals surface area contributed by atoms with Crippen LogP contribution in [0.3, 0.4) is 0 Å². The number of halogens is 2. The summed E-state index contributed by atoms with van der Waals surface area (Å²) < 4.78 is 38.9. The van der Waals surface area contributed by atoms with E-state index in [1.54, 1.807) is 12.1 Å². The number of carbonyl (C=O) groups is 1. The van der Waals surface area contributed by atoms with E-state index in [2.05, 4.69) is 20.3 Å². The Morgan fingerprint density at radius 1 is 1.07 bits per heavy atom. The average molecular weight is 375 g/mol. The first-order valence-corrected chi connectivity index (χ1v) is 7.92. The Kier molecular flexibility index (Phi) is 5.93. The van der Waals surface area contributed by atoms with Crippen molar-refractivity contribution in [1.29, 1.82) is 0 Å². The second-order valence-electron chi connectivity index (χ2n) is 5.33.